The van der Waals surface area contributed by atoms with Crippen molar-refractivity contribution < 1.29 is 14.0 Å². The lowest BCUT2D eigenvalue weighted by Gasteiger charge is -2.09. The Balaban J connectivity index is 2.00. The van der Waals surface area contributed by atoms with Crippen molar-refractivity contribution in [1.29, 1.82) is 0 Å². The highest BCUT2D eigenvalue weighted by Crippen LogP contribution is 2.15. The molecule has 0 aliphatic rings. The maximum atomic E-state index is 12.8. The Kier molecular flexibility index (Phi) is 4.88. The molecule has 0 saturated heterocycles. The number of rotatable bonds is 4. The van der Waals surface area contributed by atoms with Gasteiger partial charge in [0.05, 0.1) is 0 Å². The SMILES string of the molecule is CC(C)C(=O)Nc1ccc(NC(=O)c2ccc(F)cc2)cc1. The van der Waals surface area contributed by atoms with Gasteiger partial charge in [-0.15, -0.1) is 0 Å². The molecule has 2 aromatic rings. The largest absolute Gasteiger partial charge is 0.326 e. The second kappa shape index (κ2) is 6.85. The summed E-state index contributed by atoms with van der Waals surface area (Å²) in [4.78, 5) is 23.6. The summed E-state index contributed by atoms with van der Waals surface area (Å²) >= 11 is 0. The lowest BCUT2D eigenvalue weighted by molar-refractivity contribution is -0.118. The molecule has 2 rings (SSSR count). The van der Waals surface area contributed by atoms with Gasteiger partial charge in [-0.05, 0) is 48.5 Å². The van der Waals surface area contributed by atoms with Crippen LogP contribution < -0.4 is 10.6 Å². The Morgan fingerprint density at radius 1 is 0.864 bits per heavy atom. The minimum Gasteiger partial charge on any atom is -0.326 e. The molecule has 0 spiro atoms. The quantitative estimate of drug-likeness (QED) is 0.905. The van der Waals surface area contributed by atoms with Gasteiger partial charge in [0.25, 0.3) is 5.91 Å². The summed E-state index contributed by atoms with van der Waals surface area (Å²) in [5, 5.41) is 5.47. The molecular formula is C17H17FN2O2. The second-order valence-electron chi connectivity index (χ2n) is 5.18. The van der Waals surface area contributed by atoms with E-state index >= 15 is 0 Å². The second-order valence-corrected chi connectivity index (χ2v) is 5.18. The number of anilines is 2. The van der Waals surface area contributed by atoms with Crippen LogP contribution in [0.1, 0.15) is 24.2 Å². The Bertz CT molecular complexity index is 664. The molecule has 0 radical (unpaired) electrons. The highest BCUT2D eigenvalue weighted by Gasteiger charge is 2.08. The molecule has 114 valence electrons. The van der Waals surface area contributed by atoms with Crippen molar-refractivity contribution >= 4 is 23.2 Å². The molecule has 0 aromatic heterocycles. The topological polar surface area (TPSA) is 58.2 Å². The van der Waals surface area contributed by atoms with E-state index in [0.717, 1.165) is 0 Å². The van der Waals surface area contributed by atoms with Crippen molar-refractivity contribution in [3.8, 4) is 0 Å². The molecule has 0 aliphatic carbocycles. The molecule has 0 unspecified atom stereocenters. The van der Waals surface area contributed by atoms with Gasteiger partial charge in [0, 0.05) is 22.9 Å². The third-order valence-corrected chi connectivity index (χ3v) is 3.04. The van der Waals surface area contributed by atoms with Gasteiger partial charge < -0.3 is 10.6 Å². The minimum absolute atomic E-state index is 0.0666. The van der Waals surface area contributed by atoms with Crippen LogP contribution in [0.15, 0.2) is 48.5 Å². The fourth-order valence-electron chi connectivity index (χ4n) is 1.73. The molecule has 2 amide bonds. The fourth-order valence-corrected chi connectivity index (χ4v) is 1.73. The summed E-state index contributed by atoms with van der Waals surface area (Å²) in [5.41, 5.74) is 1.63. The van der Waals surface area contributed by atoms with Crippen molar-refractivity contribution in [3.63, 3.8) is 0 Å². The highest BCUT2D eigenvalue weighted by molar-refractivity contribution is 6.04. The predicted molar refractivity (Wildman–Crippen MR) is 84.3 cm³/mol. The number of amides is 2. The summed E-state index contributed by atoms with van der Waals surface area (Å²) in [6, 6.07) is 12.1. The first-order valence-electron chi connectivity index (χ1n) is 6.93. The van der Waals surface area contributed by atoms with E-state index in [9.17, 15) is 14.0 Å². The average Bonchev–Trinajstić information content (AvgIpc) is 2.49. The Hall–Kier alpha value is -2.69. The normalized spacial score (nSPS) is 10.4. The molecule has 0 atom stereocenters. The third-order valence-electron chi connectivity index (χ3n) is 3.04. The number of carbonyl (C=O) groups excluding carboxylic acids is 2. The number of nitrogens with one attached hydrogen (secondary N) is 2. The van der Waals surface area contributed by atoms with Gasteiger partial charge in [-0.3, -0.25) is 9.59 Å². The predicted octanol–water partition coefficient (Wildman–Crippen LogP) is 3.67. The van der Waals surface area contributed by atoms with Crippen molar-refractivity contribution in [3.05, 3.63) is 59.9 Å². The van der Waals surface area contributed by atoms with E-state index < -0.39 is 0 Å². The summed E-state index contributed by atoms with van der Waals surface area (Å²) in [7, 11) is 0. The average molecular weight is 300 g/mol. The summed E-state index contributed by atoms with van der Waals surface area (Å²) in [6.07, 6.45) is 0. The van der Waals surface area contributed by atoms with E-state index in [1.807, 2.05) is 13.8 Å². The number of hydrogen-bond donors (Lipinski definition) is 2. The Morgan fingerprint density at radius 2 is 1.36 bits per heavy atom. The van der Waals surface area contributed by atoms with Crippen molar-refractivity contribution in [2.45, 2.75) is 13.8 Å². The minimum atomic E-state index is -0.387. The fraction of sp³-hybridized carbons (Fsp3) is 0.176. The van der Waals surface area contributed by atoms with E-state index in [1.54, 1.807) is 24.3 Å². The van der Waals surface area contributed by atoms with Crippen LogP contribution in [0.4, 0.5) is 15.8 Å². The van der Waals surface area contributed by atoms with Crippen molar-refractivity contribution in [1.82, 2.24) is 0 Å². The van der Waals surface area contributed by atoms with E-state index in [1.165, 1.54) is 24.3 Å². The first-order valence-corrected chi connectivity index (χ1v) is 6.93. The molecular weight excluding hydrogens is 283 g/mol. The number of halogens is 1. The van der Waals surface area contributed by atoms with Gasteiger partial charge in [-0.2, -0.15) is 0 Å². The zero-order valence-corrected chi connectivity index (χ0v) is 12.4. The Morgan fingerprint density at radius 3 is 1.86 bits per heavy atom. The summed E-state index contributed by atoms with van der Waals surface area (Å²) in [6.45, 7) is 3.62. The summed E-state index contributed by atoms with van der Waals surface area (Å²) in [5.74, 6) is -0.873. The first-order chi connectivity index (χ1) is 10.5. The van der Waals surface area contributed by atoms with Crippen LogP contribution in [0.3, 0.4) is 0 Å². The van der Waals surface area contributed by atoms with Gasteiger partial charge in [0.1, 0.15) is 5.82 Å². The van der Waals surface area contributed by atoms with Crippen LogP contribution in [0.25, 0.3) is 0 Å². The van der Waals surface area contributed by atoms with Crippen molar-refractivity contribution in [2.75, 3.05) is 10.6 Å². The molecule has 0 bridgehead atoms. The monoisotopic (exact) mass is 300 g/mol. The van der Waals surface area contributed by atoms with E-state index in [2.05, 4.69) is 10.6 Å². The maximum absolute atomic E-state index is 12.8. The van der Waals surface area contributed by atoms with Gasteiger partial charge in [-0.25, -0.2) is 4.39 Å². The van der Waals surface area contributed by atoms with Crippen LogP contribution >= 0.6 is 0 Å². The molecule has 0 fully saturated rings. The highest BCUT2D eigenvalue weighted by atomic mass is 19.1. The maximum Gasteiger partial charge on any atom is 0.255 e. The van der Waals surface area contributed by atoms with E-state index in [4.69, 9.17) is 0 Å². The van der Waals surface area contributed by atoms with Crippen LogP contribution in [-0.4, -0.2) is 11.8 Å². The van der Waals surface area contributed by atoms with Crippen LogP contribution in [0, 0.1) is 11.7 Å². The van der Waals surface area contributed by atoms with Gasteiger partial charge in [0.2, 0.25) is 5.91 Å². The molecule has 2 aromatic carbocycles. The standard InChI is InChI=1S/C17H17FN2O2/c1-11(2)16(21)19-14-7-9-15(10-8-14)20-17(22)12-3-5-13(18)6-4-12/h3-11H,1-2H3,(H,19,21)(H,20,22). The van der Waals surface area contributed by atoms with Crippen LogP contribution in [0.5, 0.6) is 0 Å². The lowest BCUT2D eigenvalue weighted by atomic mass is 10.2. The third kappa shape index (κ3) is 4.15. The molecule has 0 aliphatic heterocycles. The van der Waals surface area contributed by atoms with Gasteiger partial charge >= 0.3 is 0 Å². The van der Waals surface area contributed by atoms with Crippen molar-refractivity contribution in [2.24, 2.45) is 5.92 Å². The molecule has 22 heavy (non-hydrogen) atoms. The zero-order valence-electron chi connectivity index (χ0n) is 12.4. The molecule has 0 heterocycles. The van der Waals surface area contributed by atoms with E-state index in [0.29, 0.717) is 16.9 Å². The number of benzene rings is 2. The molecule has 0 saturated carbocycles. The van der Waals surface area contributed by atoms with Gasteiger partial charge in [-0.1, -0.05) is 13.8 Å². The molecule has 4 nitrogen and oxygen atoms in total. The van der Waals surface area contributed by atoms with Crippen LogP contribution in [-0.2, 0) is 4.79 Å². The summed E-state index contributed by atoms with van der Waals surface area (Å²) < 4.78 is 12.8. The van der Waals surface area contributed by atoms with E-state index in [-0.39, 0.29) is 23.5 Å². The molecule has 2 N–H and O–H groups in total. The number of carbonyl (C=O) groups is 2. The van der Waals surface area contributed by atoms with Gasteiger partial charge in [0.15, 0.2) is 0 Å². The number of hydrogen-bond acceptors (Lipinski definition) is 2. The lowest BCUT2D eigenvalue weighted by Crippen LogP contribution is -2.17. The first kappa shape index (κ1) is 15.7. The zero-order chi connectivity index (χ0) is 16.1. The smallest absolute Gasteiger partial charge is 0.255 e. The van der Waals surface area contributed by atoms with Crippen LogP contribution in [0.2, 0.25) is 0 Å². The molecule has 5 heteroatoms. The Labute approximate surface area is 128 Å².